The Kier molecular flexibility index (Phi) is 5.79. The maximum Gasteiger partial charge on any atom is 0.233 e. The number of nitrogens with two attached hydrogens (primary N) is 2. The molecule has 0 aromatic carbocycles. The molecule has 0 spiro atoms. The van der Waals surface area contributed by atoms with Crippen LogP contribution in [0.5, 0.6) is 0 Å². The number of rotatable bonds is 5. The van der Waals surface area contributed by atoms with Crippen molar-refractivity contribution in [3.63, 3.8) is 0 Å². The predicted octanol–water partition coefficient (Wildman–Crippen LogP) is 0.262. The van der Waals surface area contributed by atoms with E-state index < -0.39 is 5.92 Å². The molecule has 3 unspecified atom stereocenters. The monoisotopic (exact) mass is 284 g/mol. The molecule has 7 nitrogen and oxygen atoms in total. The molecule has 114 valence electrons. The molecule has 1 fully saturated rings. The lowest BCUT2D eigenvalue weighted by atomic mass is 9.90. The lowest BCUT2D eigenvalue weighted by Crippen LogP contribution is -2.52. The summed E-state index contributed by atoms with van der Waals surface area (Å²) in [5.41, 5.74) is 10.9. The van der Waals surface area contributed by atoms with Gasteiger partial charge >= 0.3 is 0 Å². The number of oxime groups is 1. The first-order valence-electron chi connectivity index (χ1n) is 6.99. The number of nitrogens with zero attached hydrogens (tertiary/aromatic N) is 2. The number of carbonyl (C=O) groups is 2. The summed E-state index contributed by atoms with van der Waals surface area (Å²) >= 11 is 0. The average Bonchev–Trinajstić information content (AvgIpc) is 2.43. The second-order valence-corrected chi connectivity index (χ2v) is 5.38. The SMILES string of the molecule is CCCC(C(=O)N1CC(C(N)=O)CCC1C)C(N)=NO. The van der Waals surface area contributed by atoms with Gasteiger partial charge in [-0.15, -0.1) is 0 Å². The van der Waals surface area contributed by atoms with Crippen LogP contribution in [0.2, 0.25) is 0 Å². The third-order valence-electron chi connectivity index (χ3n) is 3.92. The highest BCUT2D eigenvalue weighted by molar-refractivity contribution is 6.02. The summed E-state index contributed by atoms with van der Waals surface area (Å²) in [5, 5.41) is 11.8. The Hall–Kier alpha value is -1.79. The molecule has 0 aromatic rings. The molecule has 1 heterocycles. The van der Waals surface area contributed by atoms with E-state index in [4.69, 9.17) is 16.7 Å². The third kappa shape index (κ3) is 3.61. The Bertz CT molecular complexity index is 397. The second-order valence-electron chi connectivity index (χ2n) is 5.38. The van der Waals surface area contributed by atoms with Crippen LogP contribution in [-0.4, -0.2) is 40.3 Å². The number of amidine groups is 1. The van der Waals surface area contributed by atoms with E-state index in [1.54, 1.807) is 4.90 Å². The van der Waals surface area contributed by atoms with E-state index in [0.717, 1.165) is 12.8 Å². The smallest absolute Gasteiger partial charge is 0.233 e. The van der Waals surface area contributed by atoms with Gasteiger partial charge in [-0.3, -0.25) is 9.59 Å². The maximum absolute atomic E-state index is 12.6. The van der Waals surface area contributed by atoms with Gasteiger partial charge in [0.05, 0.1) is 11.8 Å². The topological polar surface area (TPSA) is 122 Å². The van der Waals surface area contributed by atoms with Gasteiger partial charge in [0.25, 0.3) is 0 Å². The molecule has 1 saturated heterocycles. The van der Waals surface area contributed by atoms with E-state index in [1.807, 2.05) is 13.8 Å². The number of amides is 2. The van der Waals surface area contributed by atoms with Gasteiger partial charge in [0.2, 0.25) is 11.8 Å². The first-order chi connectivity index (χ1) is 9.42. The highest BCUT2D eigenvalue weighted by Gasteiger charge is 2.35. The molecule has 20 heavy (non-hydrogen) atoms. The zero-order valence-electron chi connectivity index (χ0n) is 12.1. The minimum absolute atomic E-state index is 0.0314. The number of piperidine rings is 1. The number of hydrogen-bond acceptors (Lipinski definition) is 4. The van der Waals surface area contributed by atoms with E-state index in [0.29, 0.717) is 19.4 Å². The Morgan fingerprint density at radius 2 is 2.05 bits per heavy atom. The second kappa shape index (κ2) is 7.12. The van der Waals surface area contributed by atoms with Crippen LogP contribution in [-0.2, 0) is 9.59 Å². The highest BCUT2D eigenvalue weighted by Crippen LogP contribution is 2.24. The highest BCUT2D eigenvalue weighted by atomic mass is 16.4. The number of carbonyl (C=O) groups excluding carboxylic acids is 2. The van der Waals surface area contributed by atoms with Crippen molar-refractivity contribution in [2.24, 2.45) is 28.5 Å². The Labute approximate surface area is 119 Å². The van der Waals surface area contributed by atoms with E-state index >= 15 is 0 Å². The van der Waals surface area contributed by atoms with Crippen LogP contribution in [0.15, 0.2) is 5.16 Å². The van der Waals surface area contributed by atoms with Crippen LogP contribution in [0.3, 0.4) is 0 Å². The largest absolute Gasteiger partial charge is 0.409 e. The minimum atomic E-state index is -0.640. The summed E-state index contributed by atoms with van der Waals surface area (Å²) in [7, 11) is 0. The van der Waals surface area contributed by atoms with Crippen molar-refractivity contribution in [2.45, 2.75) is 45.6 Å². The fourth-order valence-corrected chi connectivity index (χ4v) is 2.60. The summed E-state index contributed by atoms with van der Waals surface area (Å²) in [6.07, 6.45) is 2.68. The normalized spacial score (nSPS) is 25.3. The van der Waals surface area contributed by atoms with Crippen molar-refractivity contribution in [3.8, 4) is 0 Å². The summed E-state index contributed by atoms with van der Waals surface area (Å²) in [4.78, 5) is 25.5. The Morgan fingerprint density at radius 1 is 1.40 bits per heavy atom. The molecule has 3 atom stereocenters. The summed E-state index contributed by atoms with van der Waals surface area (Å²) in [6.45, 7) is 4.18. The number of primary amides is 1. The molecule has 1 aliphatic heterocycles. The van der Waals surface area contributed by atoms with Crippen LogP contribution < -0.4 is 11.5 Å². The predicted molar refractivity (Wildman–Crippen MR) is 74.9 cm³/mol. The molecule has 0 bridgehead atoms. The van der Waals surface area contributed by atoms with Crippen molar-refractivity contribution < 1.29 is 14.8 Å². The van der Waals surface area contributed by atoms with Gasteiger partial charge in [0, 0.05) is 12.6 Å². The van der Waals surface area contributed by atoms with Gasteiger partial charge in [-0.2, -0.15) is 0 Å². The first kappa shape index (κ1) is 16.3. The fraction of sp³-hybridized carbons (Fsp3) is 0.769. The first-order valence-corrected chi connectivity index (χ1v) is 6.99. The molecular weight excluding hydrogens is 260 g/mol. The summed E-state index contributed by atoms with van der Waals surface area (Å²) in [6, 6.07) is 0.0314. The molecule has 1 rings (SSSR count). The van der Waals surface area contributed by atoms with Crippen LogP contribution in [0.4, 0.5) is 0 Å². The molecule has 7 heteroatoms. The van der Waals surface area contributed by atoms with Gasteiger partial charge in [-0.1, -0.05) is 18.5 Å². The van der Waals surface area contributed by atoms with Gasteiger partial charge in [-0.05, 0) is 26.2 Å². The zero-order chi connectivity index (χ0) is 15.3. The van der Waals surface area contributed by atoms with E-state index in [-0.39, 0.29) is 29.6 Å². The molecule has 0 aromatic heterocycles. The van der Waals surface area contributed by atoms with Crippen LogP contribution in [0, 0.1) is 11.8 Å². The van der Waals surface area contributed by atoms with Gasteiger partial charge in [0.15, 0.2) is 5.84 Å². The fourth-order valence-electron chi connectivity index (χ4n) is 2.60. The van der Waals surface area contributed by atoms with Crippen molar-refractivity contribution >= 4 is 17.6 Å². The Balaban J connectivity index is 2.88. The lowest BCUT2D eigenvalue weighted by Gasteiger charge is -2.38. The van der Waals surface area contributed by atoms with Crippen LogP contribution in [0.1, 0.15) is 39.5 Å². The third-order valence-corrected chi connectivity index (χ3v) is 3.92. The van der Waals surface area contributed by atoms with Crippen LogP contribution in [0.25, 0.3) is 0 Å². The van der Waals surface area contributed by atoms with E-state index in [2.05, 4.69) is 5.16 Å². The van der Waals surface area contributed by atoms with Crippen LogP contribution >= 0.6 is 0 Å². The average molecular weight is 284 g/mol. The molecule has 0 saturated carbocycles. The maximum atomic E-state index is 12.6. The summed E-state index contributed by atoms with van der Waals surface area (Å²) in [5.74, 6) is -1.61. The number of hydrogen-bond donors (Lipinski definition) is 3. The molecule has 0 radical (unpaired) electrons. The van der Waals surface area contributed by atoms with Gasteiger partial charge in [0.1, 0.15) is 0 Å². The van der Waals surface area contributed by atoms with Crippen molar-refractivity contribution in [2.75, 3.05) is 6.54 Å². The van der Waals surface area contributed by atoms with Gasteiger partial charge < -0.3 is 21.6 Å². The zero-order valence-corrected chi connectivity index (χ0v) is 12.1. The van der Waals surface area contributed by atoms with E-state index in [1.165, 1.54) is 0 Å². The molecule has 5 N–H and O–H groups in total. The quantitative estimate of drug-likeness (QED) is 0.290. The van der Waals surface area contributed by atoms with E-state index in [9.17, 15) is 9.59 Å². The standard InChI is InChI=1S/C13H24N4O3/c1-3-4-10(11(14)16-20)13(19)17-7-9(12(15)18)6-5-8(17)2/h8-10,20H,3-7H2,1-2H3,(H2,14,16)(H2,15,18). The Morgan fingerprint density at radius 3 is 2.55 bits per heavy atom. The molecular formula is C13H24N4O3. The van der Waals surface area contributed by atoms with Crippen molar-refractivity contribution in [3.05, 3.63) is 0 Å². The minimum Gasteiger partial charge on any atom is -0.409 e. The lowest BCUT2D eigenvalue weighted by molar-refractivity contribution is -0.139. The summed E-state index contributed by atoms with van der Waals surface area (Å²) < 4.78 is 0. The van der Waals surface area contributed by atoms with Gasteiger partial charge in [-0.25, -0.2) is 0 Å². The molecule has 2 amide bonds. The van der Waals surface area contributed by atoms with Crippen molar-refractivity contribution in [1.29, 1.82) is 0 Å². The molecule has 1 aliphatic rings. The van der Waals surface area contributed by atoms with Crippen molar-refractivity contribution in [1.82, 2.24) is 4.90 Å². The molecule has 0 aliphatic carbocycles. The number of likely N-dealkylation sites (tertiary alicyclic amines) is 1.